The summed E-state index contributed by atoms with van der Waals surface area (Å²) in [7, 11) is 0. The lowest BCUT2D eigenvalue weighted by Crippen LogP contribution is -1.93. The largest absolute Gasteiger partial charge is 0.272 e. The normalized spacial score (nSPS) is 10.5. The van der Waals surface area contributed by atoms with Gasteiger partial charge < -0.3 is 0 Å². The number of nitrogens with zero attached hydrogens (tertiary/aromatic N) is 1. The fourth-order valence-electron chi connectivity index (χ4n) is 1.07. The number of para-hydroxylation sites is 1. The van der Waals surface area contributed by atoms with Gasteiger partial charge in [0.15, 0.2) is 0 Å². The van der Waals surface area contributed by atoms with E-state index in [0.29, 0.717) is 12.0 Å². The lowest BCUT2D eigenvalue weighted by atomic mass is 10.1. The lowest BCUT2D eigenvalue weighted by molar-refractivity contribution is -0.385. The first-order valence-corrected chi connectivity index (χ1v) is 3.92. The summed E-state index contributed by atoms with van der Waals surface area (Å²) in [6.45, 7) is 3.52. The maximum absolute atomic E-state index is 10.6. The summed E-state index contributed by atoms with van der Waals surface area (Å²) in [5.41, 5.74) is 0.882. The molecule has 0 saturated heterocycles. The van der Waals surface area contributed by atoms with Crippen LogP contribution in [0.15, 0.2) is 36.4 Å². The summed E-state index contributed by atoms with van der Waals surface area (Å²) in [5, 5.41) is 10.6. The van der Waals surface area contributed by atoms with Gasteiger partial charge in [0.25, 0.3) is 5.69 Å². The molecule has 13 heavy (non-hydrogen) atoms. The van der Waals surface area contributed by atoms with Gasteiger partial charge in [-0.2, -0.15) is 0 Å². The molecule has 1 aromatic carbocycles. The molecule has 1 aromatic rings. The van der Waals surface area contributed by atoms with Crippen molar-refractivity contribution < 1.29 is 4.92 Å². The maximum atomic E-state index is 10.6. The Hall–Kier alpha value is -1.64. The summed E-state index contributed by atoms with van der Waals surface area (Å²) in [5.74, 6) is 0. The molecule has 0 aliphatic heterocycles. The first kappa shape index (κ1) is 9.45. The third kappa shape index (κ3) is 2.40. The van der Waals surface area contributed by atoms with Gasteiger partial charge in [0.1, 0.15) is 0 Å². The summed E-state index contributed by atoms with van der Waals surface area (Å²) in [4.78, 5) is 10.2. The fourth-order valence-corrected chi connectivity index (χ4v) is 1.07. The molecular weight excluding hydrogens is 166 g/mol. The molecule has 0 unspecified atom stereocenters. The van der Waals surface area contributed by atoms with Gasteiger partial charge in [-0.25, -0.2) is 0 Å². The monoisotopic (exact) mass is 176 g/mol. The molecule has 3 heteroatoms. The molecule has 0 heterocycles. The van der Waals surface area contributed by atoms with Gasteiger partial charge in [-0.3, -0.25) is 10.1 Å². The second kappa shape index (κ2) is 4.40. The van der Waals surface area contributed by atoms with Crippen LogP contribution in [-0.2, 0) is 6.42 Å². The van der Waals surface area contributed by atoms with E-state index in [0.717, 1.165) is 0 Å². The lowest BCUT2D eigenvalue weighted by Gasteiger charge is -1.97. The Bertz CT molecular complexity index is 331. The molecule has 0 N–H and O–H groups in total. The molecule has 1 rings (SSSR count). The van der Waals surface area contributed by atoms with E-state index in [1.165, 1.54) is 6.07 Å². The van der Waals surface area contributed by atoms with Crippen molar-refractivity contribution in [3.8, 4) is 0 Å². The molecule has 67 valence electrons. The molecule has 0 aromatic heterocycles. The van der Waals surface area contributed by atoms with Crippen LogP contribution in [-0.4, -0.2) is 4.92 Å². The van der Waals surface area contributed by atoms with Crippen molar-refractivity contribution in [2.24, 2.45) is 0 Å². The van der Waals surface area contributed by atoms with Crippen molar-refractivity contribution in [2.75, 3.05) is 0 Å². The van der Waals surface area contributed by atoms with Gasteiger partial charge in [-0.1, -0.05) is 30.4 Å². The predicted octanol–water partition coefficient (Wildman–Crippen LogP) is 2.53. The zero-order chi connectivity index (χ0) is 9.68. The van der Waals surface area contributed by atoms with Crippen LogP contribution in [0.1, 0.15) is 5.56 Å². The van der Waals surface area contributed by atoms with Gasteiger partial charge in [0, 0.05) is 11.6 Å². The van der Waals surface area contributed by atoms with E-state index in [-0.39, 0.29) is 10.6 Å². The van der Waals surface area contributed by atoms with Gasteiger partial charge in [0.05, 0.1) is 4.92 Å². The van der Waals surface area contributed by atoms with Crippen molar-refractivity contribution in [3.63, 3.8) is 0 Å². The average molecular weight is 176 g/mol. The highest BCUT2D eigenvalue weighted by Crippen LogP contribution is 2.18. The zero-order valence-corrected chi connectivity index (χ0v) is 7.14. The predicted molar refractivity (Wildman–Crippen MR) is 51.3 cm³/mol. The van der Waals surface area contributed by atoms with Crippen molar-refractivity contribution in [3.05, 3.63) is 59.0 Å². The van der Waals surface area contributed by atoms with Crippen LogP contribution >= 0.6 is 0 Å². The fraction of sp³-hybridized carbons (Fsp3) is 0.100. The van der Waals surface area contributed by atoms with Crippen LogP contribution < -0.4 is 0 Å². The van der Waals surface area contributed by atoms with Gasteiger partial charge in [0.2, 0.25) is 0 Å². The van der Waals surface area contributed by atoms with E-state index >= 15 is 0 Å². The highest BCUT2D eigenvalue weighted by atomic mass is 16.6. The zero-order valence-electron chi connectivity index (χ0n) is 7.14. The summed E-state index contributed by atoms with van der Waals surface area (Å²) in [6, 6.07) is 6.71. The van der Waals surface area contributed by atoms with Crippen LogP contribution in [0.4, 0.5) is 5.69 Å². The van der Waals surface area contributed by atoms with E-state index in [1.54, 1.807) is 30.4 Å². The molecular formula is C10H10NO2. The second-order valence-corrected chi connectivity index (χ2v) is 2.56. The molecule has 1 radical (unpaired) electrons. The van der Waals surface area contributed by atoms with E-state index in [9.17, 15) is 10.1 Å². The second-order valence-electron chi connectivity index (χ2n) is 2.56. The minimum Gasteiger partial charge on any atom is -0.258 e. The first-order valence-electron chi connectivity index (χ1n) is 3.92. The van der Waals surface area contributed by atoms with Crippen LogP contribution in [0.3, 0.4) is 0 Å². The highest BCUT2D eigenvalue weighted by Gasteiger charge is 2.09. The molecule has 0 aliphatic carbocycles. The minimum absolute atomic E-state index is 0.167. The minimum atomic E-state index is -0.369. The Morgan fingerprint density at radius 3 is 2.77 bits per heavy atom. The first-order chi connectivity index (χ1) is 6.25. The summed E-state index contributed by atoms with van der Waals surface area (Å²) < 4.78 is 0. The van der Waals surface area contributed by atoms with E-state index in [2.05, 4.69) is 6.92 Å². The molecule has 0 saturated carbocycles. The third-order valence-electron chi connectivity index (χ3n) is 1.69. The quantitative estimate of drug-likeness (QED) is 0.524. The number of rotatable bonds is 3. The Morgan fingerprint density at radius 1 is 1.46 bits per heavy atom. The van der Waals surface area contributed by atoms with Crippen molar-refractivity contribution >= 4 is 5.69 Å². The SMILES string of the molecule is [CH2]C=CCc1ccccc1[N+](=O)[O-]. The number of nitro groups is 1. The van der Waals surface area contributed by atoms with E-state index < -0.39 is 0 Å². The molecule has 3 nitrogen and oxygen atoms in total. The standard InChI is InChI=1S/C10H10NO2/c1-2-3-6-9-7-4-5-8-10(9)11(12)13/h2-5,7-8H,1,6H2. The Morgan fingerprint density at radius 2 is 2.15 bits per heavy atom. The topological polar surface area (TPSA) is 43.1 Å². The average Bonchev–Trinajstić information content (AvgIpc) is 2.15. The van der Waals surface area contributed by atoms with Gasteiger partial charge in [-0.15, -0.1) is 0 Å². The van der Waals surface area contributed by atoms with Gasteiger partial charge >= 0.3 is 0 Å². The van der Waals surface area contributed by atoms with Crippen LogP contribution in [0.2, 0.25) is 0 Å². The number of benzene rings is 1. The third-order valence-corrected chi connectivity index (χ3v) is 1.69. The van der Waals surface area contributed by atoms with Crippen LogP contribution in [0.5, 0.6) is 0 Å². The van der Waals surface area contributed by atoms with Crippen molar-refractivity contribution in [1.29, 1.82) is 0 Å². The van der Waals surface area contributed by atoms with E-state index in [1.807, 2.05) is 0 Å². The number of hydrogen-bond acceptors (Lipinski definition) is 2. The summed E-state index contributed by atoms with van der Waals surface area (Å²) >= 11 is 0. The maximum Gasteiger partial charge on any atom is 0.272 e. The van der Waals surface area contributed by atoms with E-state index in [4.69, 9.17) is 0 Å². The molecule has 0 bridgehead atoms. The molecule has 0 spiro atoms. The molecule has 0 atom stereocenters. The van der Waals surface area contributed by atoms with Crippen molar-refractivity contribution in [1.82, 2.24) is 0 Å². The Balaban J connectivity index is 2.97. The number of allylic oxidation sites excluding steroid dienone is 2. The Labute approximate surface area is 76.9 Å². The van der Waals surface area contributed by atoms with Gasteiger partial charge in [-0.05, 0) is 13.3 Å². The Kier molecular flexibility index (Phi) is 3.20. The molecule has 0 amide bonds. The summed E-state index contributed by atoms with van der Waals surface area (Å²) in [6.07, 6.45) is 3.99. The number of hydrogen-bond donors (Lipinski definition) is 0. The van der Waals surface area contributed by atoms with Crippen LogP contribution in [0, 0.1) is 17.0 Å². The molecule has 0 fully saturated rings. The highest BCUT2D eigenvalue weighted by molar-refractivity contribution is 5.40. The van der Waals surface area contributed by atoms with Crippen molar-refractivity contribution in [2.45, 2.75) is 6.42 Å². The number of nitro benzene ring substituents is 1. The molecule has 0 aliphatic rings. The smallest absolute Gasteiger partial charge is 0.258 e. The van der Waals surface area contributed by atoms with Crippen LogP contribution in [0.25, 0.3) is 0 Å².